The van der Waals surface area contributed by atoms with Gasteiger partial charge in [0.1, 0.15) is 11.2 Å². The molecule has 204 valence electrons. The van der Waals surface area contributed by atoms with E-state index in [9.17, 15) is 9.59 Å². The summed E-state index contributed by atoms with van der Waals surface area (Å²) in [6, 6.07) is 9.74. The van der Waals surface area contributed by atoms with Crippen molar-refractivity contribution in [1.29, 1.82) is 0 Å². The summed E-state index contributed by atoms with van der Waals surface area (Å²) >= 11 is 6.05. The van der Waals surface area contributed by atoms with Gasteiger partial charge in [-0.15, -0.1) is 0 Å². The normalized spacial score (nSPS) is 21.6. The summed E-state index contributed by atoms with van der Waals surface area (Å²) in [6.07, 6.45) is 7.11. The average Bonchev–Trinajstić information content (AvgIpc) is 3.43. The highest BCUT2D eigenvalue weighted by molar-refractivity contribution is 6.30. The van der Waals surface area contributed by atoms with Crippen LogP contribution in [-0.2, 0) is 17.3 Å². The third-order valence-electron chi connectivity index (χ3n) is 8.53. The van der Waals surface area contributed by atoms with Crippen LogP contribution in [0.5, 0.6) is 5.75 Å². The first-order valence-electron chi connectivity index (χ1n) is 13.5. The van der Waals surface area contributed by atoms with Crippen LogP contribution in [0.15, 0.2) is 42.7 Å². The van der Waals surface area contributed by atoms with Gasteiger partial charge in [0.25, 0.3) is 5.91 Å². The molecule has 1 N–H and O–H groups in total. The predicted molar refractivity (Wildman–Crippen MR) is 150 cm³/mol. The maximum atomic E-state index is 14.0. The van der Waals surface area contributed by atoms with E-state index < -0.39 is 5.41 Å². The lowest BCUT2D eigenvalue weighted by Crippen LogP contribution is -2.64. The van der Waals surface area contributed by atoms with Gasteiger partial charge in [-0.05, 0) is 68.4 Å². The number of hydrogen-bond donors (Lipinski definition) is 1. The molecule has 1 saturated heterocycles. The lowest BCUT2D eigenvalue weighted by atomic mass is 9.74. The number of halogens is 1. The Labute approximate surface area is 233 Å². The minimum absolute atomic E-state index is 0.0999. The van der Waals surface area contributed by atoms with Crippen LogP contribution in [0, 0.1) is 12.8 Å². The smallest absolute Gasteiger partial charge is 0.253 e. The third-order valence-corrected chi connectivity index (χ3v) is 8.74. The number of aromatic nitrogens is 3. The van der Waals surface area contributed by atoms with Crippen molar-refractivity contribution >= 4 is 34.9 Å². The molecule has 0 radical (unpaired) electrons. The van der Waals surface area contributed by atoms with E-state index in [1.165, 1.54) is 0 Å². The standard InChI is InChI=1S/C29H33ClN6O3/c1-18-23(12-20(30)14-31-18)27(37)32-21-6-4-19(5-7-21)15-36-25-9-8-22(39-3)13-24(25)29(28(36)38)16-35(17-29)26-10-11-34(2)33-26/h8-14,19,21H,4-7,15-17H2,1-3H3,(H,32,37)/t19-,21-. The molecule has 9 nitrogen and oxygen atoms in total. The largest absolute Gasteiger partial charge is 0.497 e. The van der Waals surface area contributed by atoms with Gasteiger partial charge < -0.3 is 19.9 Å². The number of hydrogen-bond acceptors (Lipinski definition) is 6. The molecule has 1 spiro atoms. The van der Waals surface area contributed by atoms with E-state index in [1.54, 1.807) is 24.1 Å². The minimum atomic E-state index is -0.574. The Balaban J connectivity index is 1.13. The van der Waals surface area contributed by atoms with Crippen molar-refractivity contribution in [2.75, 3.05) is 36.5 Å². The molecular formula is C29H33ClN6O3. The number of carbonyl (C=O) groups excluding carboxylic acids is 2. The summed E-state index contributed by atoms with van der Waals surface area (Å²) in [5.41, 5.74) is 2.64. The number of rotatable bonds is 6. The molecular weight excluding hydrogens is 516 g/mol. The molecule has 6 rings (SSSR count). The first-order chi connectivity index (χ1) is 18.8. The molecule has 3 aliphatic rings. The molecule has 1 saturated carbocycles. The summed E-state index contributed by atoms with van der Waals surface area (Å²) in [4.78, 5) is 35.2. The van der Waals surface area contributed by atoms with E-state index in [2.05, 4.69) is 20.3 Å². The van der Waals surface area contributed by atoms with Crippen molar-refractivity contribution in [3.05, 3.63) is 64.6 Å². The number of carbonyl (C=O) groups is 2. The Bertz CT molecular complexity index is 1420. The van der Waals surface area contributed by atoms with Gasteiger partial charge in [-0.2, -0.15) is 5.10 Å². The Morgan fingerprint density at radius 2 is 1.95 bits per heavy atom. The van der Waals surface area contributed by atoms with Gasteiger partial charge in [-0.1, -0.05) is 11.6 Å². The van der Waals surface area contributed by atoms with Gasteiger partial charge in [0, 0.05) is 56.9 Å². The molecule has 1 aromatic carbocycles. The average molecular weight is 549 g/mol. The number of aryl methyl sites for hydroxylation is 2. The van der Waals surface area contributed by atoms with Crippen LogP contribution in [0.25, 0.3) is 0 Å². The SMILES string of the molecule is COc1ccc2c(c1)C1(CN(c3ccn(C)n3)C1)C(=O)N2C[C@H]1CC[C@H](NC(=O)c2cc(Cl)cnc2C)CC1. The molecule has 2 aromatic heterocycles. The van der Waals surface area contributed by atoms with Crippen LogP contribution in [0.2, 0.25) is 5.02 Å². The molecule has 2 fully saturated rings. The van der Waals surface area contributed by atoms with Crippen LogP contribution in [0.4, 0.5) is 11.5 Å². The number of pyridine rings is 1. The van der Waals surface area contributed by atoms with Crippen LogP contribution < -0.4 is 19.9 Å². The minimum Gasteiger partial charge on any atom is -0.497 e. The number of amides is 2. The van der Waals surface area contributed by atoms with Crippen LogP contribution >= 0.6 is 11.6 Å². The van der Waals surface area contributed by atoms with Crippen molar-refractivity contribution in [2.24, 2.45) is 13.0 Å². The molecule has 1 aliphatic carbocycles. The van der Waals surface area contributed by atoms with Gasteiger partial charge in [0.15, 0.2) is 5.82 Å². The summed E-state index contributed by atoms with van der Waals surface area (Å²) in [7, 11) is 3.56. The van der Waals surface area contributed by atoms with Crippen LogP contribution in [0.1, 0.15) is 47.3 Å². The van der Waals surface area contributed by atoms with E-state index in [4.69, 9.17) is 16.3 Å². The summed E-state index contributed by atoms with van der Waals surface area (Å²) < 4.78 is 7.30. The maximum Gasteiger partial charge on any atom is 0.253 e. The van der Waals surface area contributed by atoms with Crippen molar-refractivity contribution < 1.29 is 14.3 Å². The number of methoxy groups -OCH3 is 1. The number of anilines is 2. The highest BCUT2D eigenvalue weighted by atomic mass is 35.5. The van der Waals surface area contributed by atoms with Crippen LogP contribution in [-0.4, -0.2) is 59.4 Å². The second kappa shape index (κ2) is 9.86. The second-order valence-corrected chi connectivity index (χ2v) is 11.5. The highest BCUT2D eigenvalue weighted by Crippen LogP contribution is 2.50. The Hall–Kier alpha value is -3.59. The predicted octanol–water partition coefficient (Wildman–Crippen LogP) is 3.88. The van der Waals surface area contributed by atoms with Crippen molar-refractivity contribution in [3.8, 4) is 5.75 Å². The molecule has 2 amide bonds. The van der Waals surface area contributed by atoms with Gasteiger partial charge in [-0.25, -0.2) is 0 Å². The number of fused-ring (bicyclic) bond motifs is 2. The number of benzene rings is 1. The van der Waals surface area contributed by atoms with Crippen molar-refractivity contribution in [2.45, 2.75) is 44.1 Å². The molecule has 39 heavy (non-hydrogen) atoms. The zero-order chi connectivity index (χ0) is 27.3. The third kappa shape index (κ3) is 4.52. The van der Waals surface area contributed by atoms with E-state index in [1.807, 2.05) is 49.3 Å². The molecule has 0 atom stereocenters. The second-order valence-electron chi connectivity index (χ2n) is 11.1. The molecule has 10 heteroatoms. The van der Waals surface area contributed by atoms with Crippen molar-refractivity contribution in [1.82, 2.24) is 20.1 Å². The number of nitrogens with zero attached hydrogens (tertiary/aromatic N) is 5. The zero-order valence-electron chi connectivity index (χ0n) is 22.5. The Kier molecular flexibility index (Phi) is 6.49. The van der Waals surface area contributed by atoms with Crippen LogP contribution in [0.3, 0.4) is 0 Å². The highest BCUT2D eigenvalue weighted by Gasteiger charge is 2.58. The van der Waals surface area contributed by atoms with Gasteiger partial charge in [-0.3, -0.25) is 19.3 Å². The summed E-state index contributed by atoms with van der Waals surface area (Å²) in [5.74, 6) is 2.06. The van der Waals surface area contributed by atoms with Gasteiger partial charge in [0.05, 0.1) is 23.4 Å². The Morgan fingerprint density at radius 3 is 2.64 bits per heavy atom. The molecule has 4 heterocycles. The summed E-state index contributed by atoms with van der Waals surface area (Å²) in [6.45, 7) is 3.71. The van der Waals surface area contributed by atoms with E-state index >= 15 is 0 Å². The lowest BCUT2D eigenvalue weighted by molar-refractivity contribution is -0.124. The monoisotopic (exact) mass is 548 g/mol. The van der Waals surface area contributed by atoms with Gasteiger partial charge in [0.2, 0.25) is 5.91 Å². The fourth-order valence-corrected chi connectivity index (χ4v) is 6.48. The first kappa shape index (κ1) is 25.7. The first-order valence-corrected chi connectivity index (χ1v) is 13.8. The lowest BCUT2D eigenvalue weighted by Gasteiger charge is -2.47. The topological polar surface area (TPSA) is 92.6 Å². The molecule has 3 aromatic rings. The number of nitrogens with one attached hydrogen (secondary N) is 1. The maximum absolute atomic E-state index is 14.0. The Morgan fingerprint density at radius 1 is 1.18 bits per heavy atom. The zero-order valence-corrected chi connectivity index (χ0v) is 23.2. The summed E-state index contributed by atoms with van der Waals surface area (Å²) in [5, 5.41) is 8.14. The number of ether oxygens (including phenoxy) is 1. The van der Waals surface area contributed by atoms with E-state index in [-0.39, 0.29) is 17.9 Å². The van der Waals surface area contributed by atoms with Gasteiger partial charge >= 0.3 is 0 Å². The fourth-order valence-electron chi connectivity index (χ4n) is 6.32. The van der Waals surface area contributed by atoms with E-state index in [0.717, 1.165) is 48.5 Å². The molecule has 0 bridgehead atoms. The quantitative estimate of drug-likeness (QED) is 0.502. The van der Waals surface area contributed by atoms with E-state index in [0.29, 0.717) is 41.8 Å². The fraction of sp³-hybridized carbons (Fsp3) is 0.448. The van der Waals surface area contributed by atoms with Crippen molar-refractivity contribution in [3.63, 3.8) is 0 Å². The molecule has 2 aliphatic heterocycles. The molecule has 0 unspecified atom stereocenters.